The molecule has 1 saturated carbocycles. The Kier molecular flexibility index (Phi) is 4.60. The van der Waals surface area contributed by atoms with E-state index in [0.29, 0.717) is 6.04 Å². The van der Waals surface area contributed by atoms with Crippen molar-refractivity contribution >= 4 is 0 Å². The number of hydroxylamine groups is 1. The summed E-state index contributed by atoms with van der Waals surface area (Å²) in [6.45, 7) is 10.9. The summed E-state index contributed by atoms with van der Waals surface area (Å²) in [6, 6.07) is 0.569. The molecule has 0 unspecified atom stereocenters. The molecule has 0 heterocycles. The van der Waals surface area contributed by atoms with Crippen molar-refractivity contribution in [3.63, 3.8) is 0 Å². The van der Waals surface area contributed by atoms with E-state index in [1.807, 2.05) is 0 Å². The van der Waals surface area contributed by atoms with Crippen LogP contribution in [0.15, 0.2) is 0 Å². The maximum absolute atomic E-state index is 5.61. The molecule has 2 heteroatoms. The van der Waals surface area contributed by atoms with E-state index in [0.717, 1.165) is 11.8 Å². The topological polar surface area (TPSA) is 21.3 Å². The van der Waals surface area contributed by atoms with E-state index in [-0.39, 0.29) is 5.60 Å². The lowest BCUT2D eigenvalue weighted by molar-refractivity contribution is -0.0946. The van der Waals surface area contributed by atoms with Crippen LogP contribution in [0.1, 0.15) is 60.3 Å². The summed E-state index contributed by atoms with van der Waals surface area (Å²) in [6.07, 6.45) is 5.23. The lowest BCUT2D eigenvalue weighted by Crippen LogP contribution is -2.39. The van der Waals surface area contributed by atoms with Crippen molar-refractivity contribution in [1.82, 2.24) is 5.48 Å². The Balaban J connectivity index is 2.20. The van der Waals surface area contributed by atoms with Crippen molar-refractivity contribution in [1.29, 1.82) is 0 Å². The van der Waals surface area contributed by atoms with Crippen LogP contribution < -0.4 is 5.48 Å². The van der Waals surface area contributed by atoms with Crippen molar-refractivity contribution in [2.24, 2.45) is 11.8 Å². The van der Waals surface area contributed by atoms with Gasteiger partial charge in [-0.3, -0.25) is 4.84 Å². The largest absolute Gasteiger partial charge is 0.296 e. The highest BCUT2D eigenvalue weighted by Crippen LogP contribution is 2.30. The van der Waals surface area contributed by atoms with Gasteiger partial charge in [0.2, 0.25) is 0 Å². The summed E-state index contributed by atoms with van der Waals surface area (Å²) in [5.41, 5.74) is 3.15. The van der Waals surface area contributed by atoms with Gasteiger partial charge in [0.1, 0.15) is 0 Å². The van der Waals surface area contributed by atoms with Crippen molar-refractivity contribution in [3.05, 3.63) is 0 Å². The van der Waals surface area contributed by atoms with Crippen LogP contribution in [0.2, 0.25) is 0 Å². The molecular weight excluding hydrogens is 186 g/mol. The molecule has 0 bridgehead atoms. The number of hydrogen-bond acceptors (Lipinski definition) is 2. The first kappa shape index (κ1) is 13.0. The van der Waals surface area contributed by atoms with Crippen molar-refractivity contribution in [2.75, 3.05) is 0 Å². The van der Waals surface area contributed by atoms with Crippen LogP contribution in [0.4, 0.5) is 0 Å². The Morgan fingerprint density at radius 1 is 1.07 bits per heavy atom. The van der Waals surface area contributed by atoms with Crippen LogP contribution in [0.5, 0.6) is 0 Å². The smallest absolute Gasteiger partial charge is 0.0813 e. The van der Waals surface area contributed by atoms with Gasteiger partial charge >= 0.3 is 0 Å². The van der Waals surface area contributed by atoms with Crippen LogP contribution in [0.25, 0.3) is 0 Å². The molecule has 2 nitrogen and oxygen atoms in total. The maximum atomic E-state index is 5.61. The molecule has 0 aliphatic heterocycles. The van der Waals surface area contributed by atoms with E-state index in [1.165, 1.54) is 25.7 Å². The fourth-order valence-corrected chi connectivity index (χ4v) is 2.16. The molecule has 0 saturated heterocycles. The zero-order valence-electron chi connectivity index (χ0n) is 11.0. The average molecular weight is 213 g/mol. The molecule has 1 aliphatic carbocycles. The highest BCUT2D eigenvalue weighted by atomic mass is 16.7. The van der Waals surface area contributed by atoms with Gasteiger partial charge in [-0.25, -0.2) is 0 Å². The van der Waals surface area contributed by atoms with Crippen molar-refractivity contribution in [3.8, 4) is 0 Å². The van der Waals surface area contributed by atoms with Crippen LogP contribution in [0.3, 0.4) is 0 Å². The minimum absolute atomic E-state index is 0.0745. The molecule has 0 amide bonds. The van der Waals surface area contributed by atoms with Gasteiger partial charge in [0.25, 0.3) is 0 Å². The minimum Gasteiger partial charge on any atom is -0.296 e. The molecule has 1 rings (SSSR count). The number of nitrogens with one attached hydrogen (secondary N) is 1. The second kappa shape index (κ2) is 5.31. The molecule has 1 N–H and O–H groups in total. The van der Waals surface area contributed by atoms with Gasteiger partial charge in [-0.15, -0.1) is 0 Å². The molecule has 0 aromatic rings. The van der Waals surface area contributed by atoms with E-state index in [9.17, 15) is 0 Å². The molecule has 0 spiro atoms. The van der Waals surface area contributed by atoms with E-state index >= 15 is 0 Å². The molecule has 15 heavy (non-hydrogen) atoms. The van der Waals surface area contributed by atoms with Gasteiger partial charge in [0.05, 0.1) is 5.60 Å². The maximum Gasteiger partial charge on any atom is 0.0813 e. The van der Waals surface area contributed by atoms with Crippen LogP contribution >= 0.6 is 0 Å². The van der Waals surface area contributed by atoms with Crippen LogP contribution in [-0.4, -0.2) is 11.6 Å². The summed E-state index contributed by atoms with van der Waals surface area (Å²) >= 11 is 0. The fourth-order valence-electron chi connectivity index (χ4n) is 2.16. The average Bonchev–Trinajstić information content (AvgIpc) is 2.14. The normalized spacial score (nSPS) is 28.4. The second-order valence-corrected chi connectivity index (χ2v) is 6.19. The van der Waals surface area contributed by atoms with Gasteiger partial charge in [-0.2, -0.15) is 5.48 Å². The monoisotopic (exact) mass is 213 g/mol. The third-order valence-corrected chi connectivity index (χ3v) is 3.25. The van der Waals surface area contributed by atoms with E-state index in [2.05, 4.69) is 40.1 Å². The fraction of sp³-hybridized carbons (Fsp3) is 1.00. The summed E-state index contributed by atoms with van der Waals surface area (Å²) in [7, 11) is 0. The lowest BCUT2D eigenvalue weighted by Gasteiger charge is -2.32. The van der Waals surface area contributed by atoms with Gasteiger partial charge in [-0.05, 0) is 58.3 Å². The summed E-state index contributed by atoms with van der Waals surface area (Å²) in [5.74, 6) is 1.77. The van der Waals surface area contributed by atoms with Gasteiger partial charge in [-0.1, -0.05) is 13.8 Å². The predicted molar refractivity (Wildman–Crippen MR) is 64.6 cm³/mol. The Morgan fingerprint density at radius 2 is 1.60 bits per heavy atom. The first-order chi connectivity index (χ1) is 6.88. The zero-order chi connectivity index (χ0) is 11.5. The Bertz CT molecular complexity index is 175. The summed E-state index contributed by atoms with van der Waals surface area (Å²) in [5, 5.41) is 0. The van der Waals surface area contributed by atoms with E-state index in [1.54, 1.807) is 0 Å². The first-order valence-corrected chi connectivity index (χ1v) is 6.32. The van der Waals surface area contributed by atoms with Crippen molar-refractivity contribution < 1.29 is 4.84 Å². The SMILES string of the molecule is CC(C)C1CCC(NOC(C)(C)C)CC1. The van der Waals surface area contributed by atoms with Crippen molar-refractivity contribution in [2.45, 2.75) is 71.9 Å². The van der Waals surface area contributed by atoms with Gasteiger partial charge < -0.3 is 0 Å². The second-order valence-electron chi connectivity index (χ2n) is 6.19. The molecule has 0 radical (unpaired) electrons. The Labute approximate surface area is 94.7 Å². The number of hydrogen-bond donors (Lipinski definition) is 1. The third kappa shape index (κ3) is 4.98. The highest BCUT2D eigenvalue weighted by Gasteiger charge is 2.24. The minimum atomic E-state index is -0.0745. The molecule has 0 aromatic heterocycles. The Hall–Kier alpha value is -0.0800. The molecule has 1 fully saturated rings. The lowest BCUT2D eigenvalue weighted by atomic mass is 9.80. The molecular formula is C13H27NO. The molecule has 90 valence electrons. The van der Waals surface area contributed by atoms with E-state index in [4.69, 9.17) is 4.84 Å². The van der Waals surface area contributed by atoms with Crippen LogP contribution in [0, 0.1) is 11.8 Å². The molecule has 0 atom stereocenters. The molecule has 0 aromatic carbocycles. The van der Waals surface area contributed by atoms with Crippen LogP contribution in [-0.2, 0) is 4.84 Å². The first-order valence-electron chi connectivity index (χ1n) is 6.32. The van der Waals surface area contributed by atoms with Gasteiger partial charge in [0, 0.05) is 6.04 Å². The zero-order valence-corrected chi connectivity index (χ0v) is 11.0. The third-order valence-electron chi connectivity index (χ3n) is 3.25. The molecule has 1 aliphatic rings. The quantitative estimate of drug-likeness (QED) is 0.724. The van der Waals surface area contributed by atoms with E-state index < -0.39 is 0 Å². The predicted octanol–water partition coefficient (Wildman–Crippen LogP) is 3.52. The van der Waals surface area contributed by atoms with Gasteiger partial charge in [0.15, 0.2) is 0 Å². The standard InChI is InChI=1S/C13H27NO/c1-10(2)11-6-8-12(9-7-11)14-15-13(3,4)5/h10-12,14H,6-9H2,1-5H3. The Morgan fingerprint density at radius 3 is 2.00 bits per heavy atom. The number of rotatable bonds is 3. The summed E-state index contributed by atoms with van der Waals surface area (Å²) in [4.78, 5) is 5.61. The highest BCUT2D eigenvalue weighted by molar-refractivity contribution is 4.77. The summed E-state index contributed by atoms with van der Waals surface area (Å²) < 4.78 is 0.